The molecule has 0 aliphatic carbocycles. The minimum Gasteiger partial charge on any atom is -0.492 e. The minimum atomic E-state index is -4.77. The van der Waals surface area contributed by atoms with Crippen LogP contribution in [0.25, 0.3) is 22.2 Å². The quantitative estimate of drug-likeness (QED) is 0.0757. The maximum atomic E-state index is 15.1. The Balaban J connectivity index is 0.781. The Morgan fingerprint density at radius 3 is 2.50 bits per heavy atom. The van der Waals surface area contributed by atoms with E-state index in [1.54, 1.807) is 66.9 Å². The molecular formula is C49H49F3N8O6. The molecule has 1 unspecified atom stereocenters. The maximum Gasteiger partial charge on any atom is 0.428 e. The lowest BCUT2D eigenvalue weighted by Gasteiger charge is -2.43. The number of aromatic nitrogens is 2. The van der Waals surface area contributed by atoms with Crippen LogP contribution in [0, 0.1) is 17.2 Å². The number of ether oxygens (including phenoxy) is 2. The van der Waals surface area contributed by atoms with E-state index in [9.17, 15) is 24.4 Å². The van der Waals surface area contributed by atoms with E-state index in [4.69, 9.17) is 9.47 Å². The van der Waals surface area contributed by atoms with Gasteiger partial charge >= 0.3 is 6.18 Å². The number of nitriles is 1. The first-order valence-electron chi connectivity index (χ1n) is 22.4. The van der Waals surface area contributed by atoms with Crippen LogP contribution in [0.1, 0.15) is 73.5 Å². The normalized spacial score (nSPS) is 20.0. The van der Waals surface area contributed by atoms with Gasteiger partial charge < -0.3 is 34.9 Å². The molecule has 3 saturated heterocycles. The fourth-order valence-corrected chi connectivity index (χ4v) is 9.64. The molecule has 0 saturated carbocycles. The first-order chi connectivity index (χ1) is 31.9. The van der Waals surface area contributed by atoms with Gasteiger partial charge in [0.2, 0.25) is 29.2 Å². The fraction of sp³-hybridized carbons (Fsp3) is 0.388. The third-order valence-electron chi connectivity index (χ3n) is 13.4. The monoisotopic (exact) mass is 902 g/mol. The molecule has 6 heterocycles. The number of hydrogen-bond acceptors (Lipinski definition) is 10. The third-order valence-corrected chi connectivity index (χ3v) is 13.4. The fourth-order valence-electron chi connectivity index (χ4n) is 9.64. The predicted octanol–water partition coefficient (Wildman–Crippen LogP) is 6.94. The number of nitrogens with one attached hydrogen (secondary N) is 4. The molecule has 0 spiro atoms. The number of fused-ring (bicyclic) bond motifs is 2. The highest BCUT2D eigenvalue weighted by atomic mass is 19.4. The second kappa shape index (κ2) is 18.5. The molecule has 4 amide bonds. The Kier molecular flexibility index (Phi) is 12.4. The largest absolute Gasteiger partial charge is 0.492 e. The number of aromatic amines is 1. The van der Waals surface area contributed by atoms with Gasteiger partial charge in [0.1, 0.15) is 23.9 Å². The number of benzene rings is 3. The van der Waals surface area contributed by atoms with Gasteiger partial charge in [-0.05, 0) is 104 Å². The molecule has 4 N–H and O–H groups in total. The van der Waals surface area contributed by atoms with Crippen molar-refractivity contribution in [3.63, 3.8) is 0 Å². The van der Waals surface area contributed by atoms with Crippen LogP contribution in [0.3, 0.4) is 0 Å². The van der Waals surface area contributed by atoms with Crippen molar-refractivity contribution in [2.24, 2.45) is 5.92 Å². The molecule has 4 aliphatic heterocycles. The van der Waals surface area contributed by atoms with Crippen molar-refractivity contribution in [2.75, 3.05) is 56.1 Å². The van der Waals surface area contributed by atoms with Gasteiger partial charge in [-0.3, -0.25) is 24.5 Å². The van der Waals surface area contributed by atoms with Crippen molar-refractivity contribution in [1.29, 1.82) is 5.26 Å². The Morgan fingerprint density at radius 2 is 1.73 bits per heavy atom. The third kappa shape index (κ3) is 9.14. The molecule has 342 valence electrons. The summed E-state index contributed by atoms with van der Waals surface area (Å²) >= 11 is 0. The van der Waals surface area contributed by atoms with E-state index < -0.39 is 36.4 Å². The average Bonchev–Trinajstić information content (AvgIpc) is 3.76. The van der Waals surface area contributed by atoms with Crippen molar-refractivity contribution in [1.82, 2.24) is 25.5 Å². The van der Waals surface area contributed by atoms with Gasteiger partial charge in [-0.2, -0.15) is 18.4 Å². The SMILES string of the molecule is N#Cc1cccc2[nH]c(-c3ccccc3OC3(C(F)(F)F)CCN(C(=O)[C@H]4CC(=O)Nc5ccc(OCCNCC6CCN(c7cc(C8CCC(=O)NC8=O)ccn7)CC6)cc54)CC3)cc12. The van der Waals surface area contributed by atoms with Gasteiger partial charge in [0.15, 0.2) is 0 Å². The molecule has 4 aliphatic rings. The van der Waals surface area contributed by atoms with E-state index in [0.29, 0.717) is 76.6 Å². The van der Waals surface area contributed by atoms with E-state index in [1.807, 2.05) is 12.1 Å². The summed E-state index contributed by atoms with van der Waals surface area (Å²) in [5.74, 6) is -0.760. The summed E-state index contributed by atoms with van der Waals surface area (Å²) in [4.78, 5) is 62.4. The van der Waals surface area contributed by atoms with Crippen molar-refractivity contribution in [3.8, 4) is 28.8 Å². The van der Waals surface area contributed by atoms with Crippen LogP contribution in [-0.4, -0.2) is 96.1 Å². The molecule has 3 aromatic carbocycles. The maximum absolute atomic E-state index is 15.1. The number of para-hydroxylation sites is 1. The highest BCUT2D eigenvalue weighted by molar-refractivity contribution is 6.02. The van der Waals surface area contributed by atoms with Crippen molar-refractivity contribution in [3.05, 3.63) is 102 Å². The van der Waals surface area contributed by atoms with E-state index >= 15 is 13.2 Å². The summed E-state index contributed by atoms with van der Waals surface area (Å²) in [6.07, 6.45) is -1.51. The highest BCUT2D eigenvalue weighted by Gasteiger charge is 2.59. The number of likely N-dealkylation sites (tertiary alicyclic amines) is 1. The summed E-state index contributed by atoms with van der Waals surface area (Å²) in [6.45, 7) is 2.88. The number of rotatable bonds is 12. The molecule has 14 nitrogen and oxygen atoms in total. The van der Waals surface area contributed by atoms with Crippen LogP contribution in [0.4, 0.5) is 24.7 Å². The number of carbonyl (C=O) groups is 4. The summed E-state index contributed by atoms with van der Waals surface area (Å²) in [5.41, 5.74) is 1.29. The summed E-state index contributed by atoms with van der Waals surface area (Å²) in [5, 5.41) is 19.0. The highest BCUT2D eigenvalue weighted by Crippen LogP contribution is 2.46. The molecule has 5 aromatic rings. The number of amides is 4. The van der Waals surface area contributed by atoms with Crippen molar-refractivity contribution < 1.29 is 41.8 Å². The van der Waals surface area contributed by atoms with Gasteiger partial charge in [0.25, 0.3) is 0 Å². The number of pyridine rings is 1. The molecule has 17 heteroatoms. The zero-order valence-electron chi connectivity index (χ0n) is 36.1. The second-order valence-electron chi connectivity index (χ2n) is 17.5. The van der Waals surface area contributed by atoms with Crippen molar-refractivity contribution >= 4 is 46.0 Å². The van der Waals surface area contributed by atoms with E-state index in [0.717, 1.165) is 43.9 Å². The standard InChI is InChI=1S/C49H49F3N8O6/c50-49(51,52)48(66-42-7-2-1-5-35(42)41-26-36-32(28-53)4-3-6-39(36)56-41)15-21-60(22-16-48)47(64)38-27-45(62)57-40-10-8-33(25-37(38)40)65-23-18-54-29-30-13-19-59(20-14-30)43-24-31(12-17-55-43)34-9-11-44(61)58-46(34)63/h1-8,10,12,17,24-26,30,34,38,54,56H,9,11,13-16,18-23,27,29H2,(H,57,62)(H,58,61,63)/t34?,38-/m0/s1. The van der Waals surface area contributed by atoms with Crippen molar-refractivity contribution in [2.45, 2.75) is 68.6 Å². The molecule has 2 aromatic heterocycles. The Bertz CT molecular complexity index is 2700. The Morgan fingerprint density at radius 1 is 0.924 bits per heavy atom. The average molecular weight is 903 g/mol. The van der Waals surface area contributed by atoms with Gasteiger partial charge in [0, 0.05) is 86.8 Å². The zero-order valence-corrected chi connectivity index (χ0v) is 36.1. The van der Waals surface area contributed by atoms with Gasteiger partial charge in [-0.1, -0.05) is 18.2 Å². The Labute approximate surface area is 378 Å². The molecule has 0 bridgehead atoms. The van der Waals surface area contributed by atoms with Crippen LogP contribution in [0.5, 0.6) is 11.5 Å². The van der Waals surface area contributed by atoms with E-state index in [-0.39, 0.29) is 48.9 Å². The second-order valence-corrected chi connectivity index (χ2v) is 17.5. The molecule has 2 atom stereocenters. The molecule has 0 radical (unpaired) electrons. The smallest absolute Gasteiger partial charge is 0.428 e. The lowest BCUT2D eigenvalue weighted by atomic mass is 9.86. The van der Waals surface area contributed by atoms with Crippen LogP contribution >= 0.6 is 0 Å². The number of carbonyl (C=O) groups excluding carboxylic acids is 4. The number of alkyl halides is 3. The van der Waals surface area contributed by atoms with E-state index in [1.165, 1.54) is 11.0 Å². The molecule has 66 heavy (non-hydrogen) atoms. The van der Waals surface area contributed by atoms with Crippen LogP contribution in [-0.2, 0) is 19.2 Å². The number of H-pyrrole nitrogens is 1. The topological polar surface area (TPSA) is 182 Å². The lowest BCUT2D eigenvalue weighted by molar-refractivity contribution is -0.260. The van der Waals surface area contributed by atoms with Gasteiger partial charge in [-0.15, -0.1) is 0 Å². The Hall–Kier alpha value is -6.93. The first-order valence-corrected chi connectivity index (χ1v) is 22.4. The number of nitrogens with zero attached hydrogens (tertiary/aromatic N) is 4. The predicted molar refractivity (Wildman–Crippen MR) is 239 cm³/mol. The molecule has 9 rings (SSSR count). The van der Waals surface area contributed by atoms with E-state index in [2.05, 4.69) is 36.9 Å². The first kappa shape index (κ1) is 44.3. The number of imide groups is 1. The number of hydrogen-bond donors (Lipinski definition) is 4. The number of halogens is 3. The number of anilines is 2. The van der Waals surface area contributed by atoms with Gasteiger partial charge in [0.05, 0.1) is 29.2 Å². The minimum absolute atomic E-state index is 0.0202. The zero-order chi connectivity index (χ0) is 46.0. The summed E-state index contributed by atoms with van der Waals surface area (Å²) in [6, 6.07) is 24.4. The summed E-state index contributed by atoms with van der Waals surface area (Å²) in [7, 11) is 0. The van der Waals surface area contributed by atoms with Crippen LogP contribution in [0.15, 0.2) is 85.1 Å². The van der Waals surface area contributed by atoms with Gasteiger partial charge in [-0.25, -0.2) is 4.98 Å². The molecule has 3 fully saturated rings. The lowest BCUT2D eigenvalue weighted by Crippen LogP contribution is -2.58. The molecular weight excluding hydrogens is 854 g/mol. The summed E-state index contributed by atoms with van der Waals surface area (Å²) < 4.78 is 57.3. The van der Waals surface area contributed by atoms with Crippen LogP contribution < -0.4 is 30.3 Å². The van der Waals surface area contributed by atoms with Crippen LogP contribution in [0.2, 0.25) is 0 Å². The number of piperidine rings is 3.